The average molecular weight is 415 g/mol. The summed E-state index contributed by atoms with van der Waals surface area (Å²) in [5.74, 6) is 1.03. The van der Waals surface area contributed by atoms with Crippen molar-refractivity contribution in [3.63, 3.8) is 0 Å². The van der Waals surface area contributed by atoms with Gasteiger partial charge < -0.3 is 19.4 Å². The minimum atomic E-state index is 0.0976. The van der Waals surface area contributed by atoms with Crippen LogP contribution in [0.4, 0.5) is 5.69 Å². The molecule has 1 aromatic heterocycles. The van der Waals surface area contributed by atoms with Crippen LogP contribution >= 0.6 is 11.3 Å². The first-order valence-corrected chi connectivity index (χ1v) is 11.6. The molecule has 0 bridgehead atoms. The third kappa shape index (κ3) is 5.48. The Morgan fingerprint density at radius 3 is 2.45 bits per heavy atom. The summed E-state index contributed by atoms with van der Waals surface area (Å²) in [6.07, 6.45) is 6.81. The molecule has 2 aliphatic heterocycles. The van der Waals surface area contributed by atoms with E-state index in [1.807, 2.05) is 4.90 Å². The zero-order valence-corrected chi connectivity index (χ0v) is 17.8. The summed E-state index contributed by atoms with van der Waals surface area (Å²) in [6.45, 7) is 7.59. The fourth-order valence-corrected chi connectivity index (χ4v) is 4.65. The Kier molecular flexibility index (Phi) is 7.00. The van der Waals surface area contributed by atoms with E-state index < -0.39 is 0 Å². The third-order valence-electron chi connectivity index (χ3n) is 5.75. The van der Waals surface area contributed by atoms with Gasteiger partial charge >= 0.3 is 0 Å². The highest BCUT2D eigenvalue weighted by Gasteiger charge is 2.23. The molecule has 0 unspecified atom stereocenters. The number of aromatic nitrogens is 1. The number of amides is 1. The normalized spacial score (nSPS) is 18.1. The number of benzene rings is 1. The maximum atomic E-state index is 12.4. The van der Waals surface area contributed by atoms with Crippen molar-refractivity contribution in [3.8, 4) is 5.75 Å². The molecule has 0 atom stereocenters. The van der Waals surface area contributed by atoms with Gasteiger partial charge in [-0.25, -0.2) is 0 Å². The van der Waals surface area contributed by atoms with E-state index in [9.17, 15) is 4.79 Å². The second-order valence-corrected chi connectivity index (χ2v) is 8.63. The van der Waals surface area contributed by atoms with Crippen LogP contribution in [0.15, 0.2) is 36.0 Å². The van der Waals surface area contributed by atoms with Crippen molar-refractivity contribution in [1.29, 1.82) is 0 Å². The summed E-state index contributed by atoms with van der Waals surface area (Å²) in [5, 5.41) is 0. The molecule has 7 heteroatoms. The smallest absolute Gasteiger partial charge is 0.265 e. The quantitative estimate of drug-likeness (QED) is 0.650. The molecule has 1 amide bonds. The first-order chi connectivity index (χ1) is 14.3. The number of hydrogen-bond acceptors (Lipinski definition) is 6. The van der Waals surface area contributed by atoms with Crippen LogP contribution in [0.3, 0.4) is 0 Å². The highest BCUT2D eigenvalue weighted by molar-refractivity contribution is 7.11. The van der Waals surface area contributed by atoms with Crippen molar-refractivity contribution >= 4 is 22.9 Å². The van der Waals surface area contributed by atoms with Crippen LogP contribution in [-0.2, 0) is 0 Å². The van der Waals surface area contributed by atoms with Gasteiger partial charge in [-0.15, -0.1) is 11.3 Å². The Morgan fingerprint density at radius 1 is 1.00 bits per heavy atom. The maximum Gasteiger partial charge on any atom is 0.265 e. The van der Waals surface area contributed by atoms with Gasteiger partial charge in [0.15, 0.2) is 0 Å². The number of thiazole rings is 1. The van der Waals surface area contributed by atoms with Gasteiger partial charge in [-0.1, -0.05) is 6.42 Å². The largest absolute Gasteiger partial charge is 0.494 e. The molecule has 2 fully saturated rings. The monoisotopic (exact) mass is 414 g/mol. The molecule has 29 heavy (non-hydrogen) atoms. The second-order valence-electron chi connectivity index (χ2n) is 7.74. The highest BCUT2D eigenvalue weighted by Crippen LogP contribution is 2.22. The Hall–Kier alpha value is -2.12. The van der Waals surface area contributed by atoms with Crippen LogP contribution in [0, 0.1) is 0 Å². The number of piperazine rings is 1. The molecule has 6 nitrogen and oxygen atoms in total. The predicted octanol–water partition coefficient (Wildman–Crippen LogP) is 3.36. The summed E-state index contributed by atoms with van der Waals surface area (Å²) in [5.41, 5.74) is 2.90. The molecule has 0 N–H and O–H groups in total. The van der Waals surface area contributed by atoms with Crippen LogP contribution in [0.1, 0.15) is 35.4 Å². The summed E-state index contributed by atoms with van der Waals surface area (Å²) in [7, 11) is 0. The summed E-state index contributed by atoms with van der Waals surface area (Å²) in [4.78, 5) is 24.0. The van der Waals surface area contributed by atoms with Gasteiger partial charge in [0, 0.05) is 38.4 Å². The molecule has 3 heterocycles. The standard InChI is InChI=1S/C22H30N4O2S/c27-22(21-17-23-18-29-21)26-14-12-25(13-15-26)19-5-7-20(8-6-19)28-16-4-11-24-9-2-1-3-10-24/h5-8,17-18H,1-4,9-16H2. The van der Waals surface area contributed by atoms with E-state index in [4.69, 9.17) is 4.74 Å². The fourth-order valence-electron chi connectivity index (χ4n) is 4.06. The molecule has 1 aromatic carbocycles. The van der Waals surface area contributed by atoms with E-state index in [0.717, 1.165) is 56.4 Å². The van der Waals surface area contributed by atoms with Crippen LogP contribution in [0.5, 0.6) is 5.75 Å². The first kappa shape index (κ1) is 20.2. The number of rotatable bonds is 7. The number of nitrogens with zero attached hydrogens (tertiary/aromatic N) is 4. The molecule has 2 aliphatic rings. The molecule has 0 aliphatic carbocycles. The lowest BCUT2D eigenvalue weighted by Crippen LogP contribution is -2.48. The van der Waals surface area contributed by atoms with E-state index in [2.05, 4.69) is 39.0 Å². The van der Waals surface area contributed by atoms with Crippen LogP contribution in [0.25, 0.3) is 0 Å². The SMILES string of the molecule is O=C(c1cncs1)N1CCN(c2ccc(OCCCN3CCCCC3)cc2)CC1. The van der Waals surface area contributed by atoms with Crippen molar-refractivity contribution in [2.24, 2.45) is 0 Å². The van der Waals surface area contributed by atoms with E-state index in [-0.39, 0.29) is 5.91 Å². The summed E-state index contributed by atoms with van der Waals surface area (Å²) >= 11 is 1.41. The maximum absolute atomic E-state index is 12.4. The molecular formula is C22H30N4O2S. The zero-order valence-electron chi connectivity index (χ0n) is 17.0. The number of carbonyl (C=O) groups excluding carboxylic acids is 1. The van der Waals surface area contributed by atoms with E-state index >= 15 is 0 Å². The van der Waals surface area contributed by atoms with Crippen LogP contribution in [-0.4, -0.2) is 73.1 Å². The zero-order chi connectivity index (χ0) is 19.9. The van der Waals surface area contributed by atoms with Gasteiger partial charge in [-0.05, 0) is 56.6 Å². The van der Waals surface area contributed by atoms with Crippen molar-refractivity contribution in [3.05, 3.63) is 40.8 Å². The Labute approximate surface area is 177 Å². The van der Waals surface area contributed by atoms with E-state index in [0.29, 0.717) is 0 Å². The summed E-state index contributed by atoms with van der Waals surface area (Å²) < 4.78 is 5.93. The van der Waals surface area contributed by atoms with Crippen molar-refractivity contribution in [1.82, 2.24) is 14.8 Å². The van der Waals surface area contributed by atoms with E-state index in [1.54, 1.807) is 11.7 Å². The lowest BCUT2D eigenvalue weighted by atomic mass is 10.1. The van der Waals surface area contributed by atoms with Crippen molar-refractivity contribution < 1.29 is 9.53 Å². The van der Waals surface area contributed by atoms with Gasteiger partial charge in [-0.3, -0.25) is 9.78 Å². The molecule has 2 saturated heterocycles. The average Bonchev–Trinajstić information content (AvgIpc) is 3.33. The number of carbonyl (C=O) groups is 1. The number of piperidine rings is 1. The molecule has 4 rings (SSSR count). The number of hydrogen-bond donors (Lipinski definition) is 0. The molecule has 0 radical (unpaired) electrons. The van der Waals surface area contributed by atoms with Crippen LogP contribution < -0.4 is 9.64 Å². The fraction of sp³-hybridized carbons (Fsp3) is 0.545. The van der Waals surface area contributed by atoms with Gasteiger partial charge in [0.25, 0.3) is 5.91 Å². The summed E-state index contributed by atoms with van der Waals surface area (Å²) in [6, 6.07) is 8.37. The number of likely N-dealkylation sites (tertiary alicyclic amines) is 1. The Morgan fingerprint density at radius 2 is 1.76 bits per heavy atom. The van der Waals surface area contributed by atoms with E-state index in [1.165, 1.54) is 49.4 Å². The highest BCUT2D eigenvalue weighted by atomic mass is 32.1. The molecular weight excluding hydrogens is 384 g/mol. The lowest BCUT2D eigenvalue weighted by Gasteiger charge is -2.36. The van der Waals surface area contributed by atoms with Gasteiger partial charge in [0.05, 0.1) is 18.3 Å². The molecule has 0 saturated carbocycles. The number of ether oxygens (including phenoxy) is 1. The molecule has 156 valence electrons. The van der Waals surface area contributed by atoms with Crippen molar-refractivity contribution in [2.75, 3.05) is 57.3 Å². The Bertz CT molecular complexity index is 752. The lowest BCUT2D eigenvalue weighted by molar-refractivity contribution is 0.0751. The Balaban J connectivity index is 1.19. The molecule has 0 spiro atoms. The second kappa shape index (κ2) is 10.1. The third-order valence-corrected chi connectivity index (χ3v) is 6.51. The van der Waals surface area contributed by atoms with Gasteiger partial charge in [0.1, 0.15) is 10.6 Å². The molecule has 2 aromatic rings. The van der Waals surface area contributed by atoms with Crippen molar-refractivity contribution in [2.45, 2.75) is 25.7 Å². The van der Waals surface area contributed by atoms with Gasteiger partial charge in [0.2, 0.25) is 0 Å². The predicted molar refractivity (Wildman–Crippen MR) is 117 cm³/mol. The first-order valence-electron chi connectivity index (χ1n) is 10.7. The van der Waals surface area contributed by atoms with Gasteiger partial charge in [-0.2, -0.15) is 0 Å². The van der Waals surface area contributed by atoms with Crippen LogP contribution in [0.2, 0.25) is 0 Å². The minimum absolute atomic E-state index is 0.0976. The topological polar surface area (TPSA) is 48.9 Å². The number of anilines is 1. The minimum Gasteiger partial charge on any atom is -0.494 e.